The number of aliphatic hydroxyl groups excluding tert-OH is 1. The molecule has 0 bridgehead atoms. The van der Waals surface area contributed by atoms with E-state index >= 15 is 0 Å². The summed E-state index contributed by atoms with van der Waals surface area (Å²) in [6.07, 6.45) is 0.534. The molecule has 0 saturated heterocycles. The predicted molar refractivity (Wildman–Crippen MR) is 69.2 cm³/mol. The number of carboxylic acid groups (broad SMARTS) is 1. The Morgan fingerprint density at radius 3 is 2.68 bits per heavy atom. The van der Waals surface area contributed by atoms with Crippen LogP contribution in [0, 0.1) is 6.92 Å². The Hall–Kier alpha value is -1.67. The van der Waals surface area contributed by atoms with Gasteiger partial charge in [0.15, 0.2) is 0 Å². The minimum atomic E-state index is -1.28. The fourth-order valence-corrected chi connectivity index (χ4v) is 2.29. The third kappa shape index (κ3) is 4.49. The average Bonchev–Trinajstić information content (AvgIpc) is 2.67. The Morgan fingerprint density at radius 1 is 1.53 bits per heavy atom. The van der Waals surface area contributed by atoms with Crippen LogP contribution in [0.1, 0.15) is 18.5 Å². The van der Waals surface area contributed by atoms with Crippen LogP contribution in [-0.2, 0) is 16.1 Å². The van der Waals surface area contributed by atoms with Gasteiger partial charge in [-0.05, 0) is 13.3 Å². The van der Waals surface area contributed by atoms with E-state index in [1.165, 1.54) is 0 Å². The average molecular weight is 288 g/mol. The van der Waals surface area contributed by atoms with Crippen LogP contribution in [0.3, 0.4) is 0 Å². The van der Waals surface area contributed by atoms with Crippen molar-refractivity contribution in [1.29, 1.82) is 0 Å². The molecule has 0 spiro atoms. The highest BCUT2D eigenvalue weighted by Crippen LogP contribution is 2.02. The lowest BCUT2D eigenvalue weighted by molar-refractivity contribution is -0.142. The minimum absolute atomic E-state index is 0.0725. The fraction of sp³-hybridized carbons (Fsp3) is 0.545. The number of rotatable bonds is 7. The third-order valence-electron chi connectivity index (χ3n) is 2.58. The number of hydrogen-bond acceptors (Lipinski definition) is 5. The number of carboxylic acids is 1. The molecule has 7 nitrogen and oxygen atoms in total. The van der Waals surface area contributed by atoms with E-state index in [4.69, 9.17) is 10.2 Å². The van der Waals surface area contributed by atoms with Gasteiger partial charge in [0, 0.05) is 24.0 Å². The highest BCUT2D eigenvalue weighted by atomic mass is 32.1. The standard InChI is InChI=1S/C11H16N2O5S/c1-7-6-19-11(18)13(7)4-2-3-9(15)12-8(5-14)10(16)17/h6,8,14H,2-5H2,1H3,(H,12,15)(H,16,17)/t8-/m0/s1. The lowest BCUT2D eigenvalue weighted by Crippen LogP contribution is -2.43. The van der Waals surface area contributed by atoms with E-state index in [0.29, 0.717) is 13.0 Å². The van der Waals surface area contributed by atoms with Crippen LogP contribution in [0.2, 0.25) is 0 Å². The van der Waals surface area contributed by atoms with E-state index in [0.717, 1.165) is 17.0 Å². The maximum Gasteiger partial charge on any atom is 0.328 e. The molecule has 8 heteroatoms. The van der Waals surface area contributed by atoms with Crippen molar-refractivity contribution in [2.45, 2.75) is 32.4 Å². The second kappa shape index (κ2) is 7.05. The van der Waals surface area contributed by atoms with Gasteiger partial charge in [0.05, 0.1) is 6.61 Å². The van der Waals surface area contributed by atoms with E-state index in [9.17, 15) is 14.4 Å². The van der Waals surface area contributed by atoms with Crippen molar-refractivity contribution in [3.63, 3.8) is 0 Å². The Morgan fingerprint density at radius 2 is 2.21 bits per heavy atom. The topological polar surface area (TPSA) is 109 Å². The largest absolute Gasteiger partial charge is 0.480 e. The van der Waals surface area contributed by atoms with Crippen LogP contribution in [0.4, 0.5) is 0 Å². The predicted octanol–water partition coefficient (Wildman–Crippen LogP) is -0.440. The molecule has 0 aliphatic heterocycles. The molecule has 0 saturated carbocycles. The van der Waals surface area contributed by atoms with E-state index in [-0.39, 0.29) is 11.3 Å². The molecule has 3 N–H and O–H groups in total. The van der Waals surface area contributed by atoms with Crippen LogP contribution in [0.15, 0.2) is 10.2 Å². The van der Waals surface area contributed by atoms with Crippen LogP contribution in [-0.4, -0.2) is 39.3 Å². The molecule has 0 radical (unpaired) electrons. The van der Waals surface area contributed by atoms with Gasteiger partial charge in [-0.1, -0.05) is 11.3 Å². The quantitative estimate of drug-likeness (QED) is 0.630. The van der Waals surface area contributed by atoms with Crippen molar-refractivity contribution in [2.75, 3.05) is 6.61 Å². The molecule has 0 fully saturated rings. The second-order valence-corrected chi connectivity index (χ2v) is 4.86. The molecule has 0 aromatic carbocycles. The number of aliphatic carboxylic acids is 1. The first kappa shape index (κ1) is 15.4. The number of aromatic nitrogens is 1. The van der Waals surface area contributed by atoms with Crippen LogP contribution >= 0.6 is 11.3 Å². The summed E-state index contributed by atoms with van der Waals surface area (Å²) >= 11 is 1.10. The van der Waals surface area contributed by atoms with E-state index in [2.05, 4.69) is 5.32 Å². The Balaban J connectivity index is 2.39. The second-order valence-electron chi connectivity index (χ2n) is 4.04. The Labute approximate surface area is 113 Å². The van der Waals surface area contributed by atoms with Gasteiger partial charge in [-0.25, -0.2) is 4.79 Å². The van der Waals surface area contributed by atoms with Crippen LogP contribution in [0.5, 0.6) is 0 Å². The number of nitrogens with zero attached hydrogens (tertiary/aromatic N) is 1. The summed E-state index contributed by atoms with van der Waals surface area (Å²) in [5, 5.41) is 21.4. The third-order valence-corrected chi connectivity index (χ3v) is 3.46. The zero-order valence-corrected chi connectivity index (χ0v) is 11.3. The van der Waals surface area contributed by atoms with Gasteiger partial charge >= 0.3 is 10.8 Å². The van der Waals surface area contributed by atoms with Crippen molar-refractivity contribution in [2.24, 2.45) is 0 Å². The first-order chi connectivity index (χ1) is 8.95. The number of aliphatic hydroxyl groups is 1. The number of thiazole rings is 1. The maximum atomic E-state index is 11.4. The highest BCUT2D eigenvalue weighted by molar-refractivity contribution is 7.07. The highest BCUT2D eigenvalue weighted by Gasteiger charge is 2.18. The van der Waals surface area contributed by atoms with Gasteiger partial charge in [-0.15, -0.1) is 0 Å². The van der Waals surface area contributed by atoms with Crippen molar-refractivity contribution in [3.05, 3.63) is 20.7 Å². The van der Waals surface area contributed by atoms with Crippen molar-refractivity contribution in [3.8, 4) is 0 Å². The van der Waals surface area contributed by atoms with Crippen molar-refractivity contribution >= 4 is 23.2 Å². The maximum absolute atomic E-state index is 11.4. The summed E-state index contributed by atoms with van der Waals surface area (Å²) in [6.45, 7) is 1.58. The molecule has 0 aliphatic carbocycles. The molecular formula is C11H16N2O5S. The van der Waals surface area contributed by atoms with E-state index < -0.39 is 24.5 Å². The summed E-state index contributed by atoms with van der Waals surface area (Å²) in [5.41, 5.74) is 0.842. The summed E-state index contributed by atoms with van der Waals surface area (Å²) < 4.78 is 1.57. The zero-order chi connectivity index (χ0) is 14.4. The van der Waals surface area contributed by atoms with E-state index in [1.54, 1.807) is 9.95 Å². The number of nitrogens with one attached hydrogen (secondary N) is 1. The number of aryl methyl sites for hydroxylation is 1. The fourth-order valence-electron chi connectivity index (χ4n) is 1.52. The lowest BCUT2D eigenvalue weighted by Gasteiger charge is -2.11. The molecule has 0 aliphatic rings. The van der Waals surface area contributed by atoms with Gasteiger partial charge in [-0.3, -0.25) is 9.59 Å². The van der Waals surface area contributed by atoms with Crippen LogP contribution in [0.25, 0.3) is 0 Å². The molecule has 1 aromatic heterocycles. The molecule has 1 atom stereocenters. The molecule has 1 aromatic rings. The van der Waals surface area contributed by atoms with Crippen molar-refractivity contribution in [1.82, 2.24) is 9.88 Å². The van der Waals surface area contributed by atoms with Crippen molar-refractivity contribution < 1.29 is 19.8 Å². The number of amides is 1. The molecule has 1 amide bonds. The van der Waals surface area contributed by atoms with Gasteiger partial charge in [0.2, 0.25) is 5.91 Å². The SMILES string of the molecule is Cc1csc(=O)n1CCCC(=O)N[C@@H](CO)C(=O)O. The van der Waals surface area contributed by atoms with Gasteiger partial charge in [-0.2, -0.15) is 0 Å². The molecule has 1 rings (SSSR count). The molecule has 1 heterocycles. The number of carbonyl (C=O) groups excluding carboxylic acids is 1. The minimum Gasteiger partial charge on any atom is -0.480 e. The van der Waals surface area contributed by atoms with Gasteiger partial charge in [0.1, 0.15) is 6.04 Å². The summed E-state index contributed by atoms with van der Waals surface area (Å²) in [5.74, 6) is -1.73. The normalized spacial score (nSPS) is 12.1. The molecule has 0 unspecified atom stereocenters. The van der Waals surface area contributed by atoms with Crippen LogP contribution < -0.4 is 10.2 Å². The first-order valence-corrected chi connectivity index (χ1v) is 6.61. The number of carbonyl (C=O) groups is 2. The summed E-state index contributed by atoms with van der Waals surface area (Å²) in [7, 11) is 0. The zero-order valence-electron chi connectivity index (χ0n) is 10.5. The number of hydrogen-bond donors (Lipinski definition) is 3. The Kier molecular flexibility index (Phi) is 5.71. The van der Waals surface area contributed by atoms with Gasteiger partial charge < -0.3 is 20.1 Å². The van der Waals surface area contributed by atoms with E-state index in [1.807, 2.05) is 6.92 Å². The smallest absolute Gasteiger partial charge is 0.328 e. The summed E-state index contributed by atoms with van der Waals surface area (Å²) in [6, 6.07) is -1.28. The molecule has 106 valence electrons. The molecule has 19 heavy (non-hydrogen) atoms. The lowest BCUT2D eigenvalue weighted by atomic mass is 10.2. The first-order valence-electron chi connectivity index (χ1n) is 5.73. The monoisotopic (exact) mass is 288 g/mol. The summed E-state index contributed by atoms with van der Waals surface area (Å²) in [4.78, 5) is 33.4. The Bertz CT molecular complexity index is 507. The van der Waals surface area contributed by atoms with Gasteiger partial charge in [0.25, 0.3) is 0 Å². The molecular weight excluding hydrogens is 272 g/mol.